The molecule has 0 saturated heterocycles. The van der Waals surface area contributed by atoms with Crippen LogP contribution in [0.2, 0.25) is 5.02 Å². The molecule has 0 saturated carbocycles. The number of nitrogens with zero attached hydrogens (tertiary/aromatic N) is 1. The fraction of sp³-hybridized carbons (Fsp3) is 0.0526. The number of rotatable bonds is 5. The van der Waals surface area contributed by atoms with E-state index in [0.717, 1.165) is 11.1 Å². The lowest BCUT2D eigenvalue weighted by atomic mass is 10.0. The van der Waals surface area contributed by atoms with Crippen LogP contribution < -0.4 is 5.32 Å². The number of pyridine rings is 1. The van der Waals surface area contributed by atoms with E-state index in [0.29, 0.717) is 16.3 Å². The van der Waals surface area contributed by atoms with Crippen molar-refractivity contribution in [1.82, 2.24) is 9.72 Å². The number of hydrogen-bond donors (Lipinski definition) is 1. The van der Waals surface area contributed by atoms with Crippen LogP contribution in [0.15, 0.2) is 67.4 Å². The van der Waals surface area contributed by atoms with E-state index in [1.807, 2.05) is 36.4 Å². The second-order valence-corrected chi connectivity index (χ2v) is 5.67. The van der Waals surface area contributed by atoms with Crippen molar-refractivity contribution in [3.8, 4) is 11.1 Å². The minimum absolute atomic E-state index is 0.240. The number of fused-ring (bicyclic) bond motifs is 1. The first kappa shape index (κ1) is 16.0. The summed E-state index contributed by atoms with van der Waals surface area (Å²) >= 11 is 5.94. The molecule has 3 aromatic rings. The van der Waals surface area contributed by atoms with Gasteiger partial charge in [-0.15, -0.1) is 6.58 Å². The molecule has 0 fully saturated rings. The third-order valence-corrected chi connectivity index (χ3v) is 3.92. The zero-order valence-electron chi connectivity index (χ0n) is 12.8. The minimum atomic E-state index is -0.658. The molecule has 5 heteroatoms. The number of aromatic nitrogens is 1. The molecule has 24 heavy (non-hydrogen) atoms. The quantitative estimate of drug-likeness (QED) is 0.437. The van der Waals surface area contributed by atoms with Crippen molar-refractivity contribution >= 4 is 28.8 Å². The van der Waals surface area contributed by atoms with Crippen LogP contribution in [0.4, 0.5) is 0 Å². The highest BCUT2D eigenvalue weighted by molar-refractivity contribution is 6.43. The van der Waals surface area contributed by atoms with Gasteiger partial charge in [-0.3, -0.25) is 9.59 Å². The zero-order chi connectivity index (χ0) is 17.1. The van der Waals surface area contributed by atoms with Crippen molar-refractivity contribution in [2.75, 3.05) is 6.54 Å². The molecular formula is C19H15ClN2O2. The summed E-state index contributed by atoms with van der Waals surface area (Å²) in [6.45, 7) is 3.77. The van der Waals surface area contributed by atoms with Crippen molar-refractivity contribution in [2.45, 2.75) is 0 Å². The SMILES string of the molecule is C=CCNC(=O)C(=O)c1c(-c2ccc(Cl)cc2)cc2ccccn12. The highest BCUT2D eigenvalue weighted by Crippen LogP contribution is 2.29. The predicted octanol–water partition coefficient (Wildman–Crippen LogP) is 3.74. The molecular weight excluding hydrogens is 324 g/mol. The molecule has 0 spiro atoms. The number of ketones is 1. The number of carbonyl (C=O) groups is 2. The number of halogens is 1. The molecule has 1 aromatic carbocycles. The molecule has 2 heterocycles. The van der Waals surface area contributed by atoms with E-state index in [4.69, 9.17) is 11.6 Å². The van der Waals surface area contributed by atoms with E-state index in [2.05, 4.69) is 11.9 Å². The summed E-state index contributed by atoms with van der Waals surface area (Å²) in [5, 5.41) is 3.14. The maximum atomic E-state index is 12.7. The van der Waals surface area contributed by atoms with E-state index in [-0.39, 0.29) is 6.54 Å². The second-order valence-electron chi connectivity index (χ2n) is 5.24. The van der Waals surface area contributed by atoms with Crippen molar-refractivity contribution < 1.29 is 9.59 Å². The molecule has 0 unspecified atom stereocenters. The first-order valence-electron chi connectivity index (χ1n) is 7.41. The van der Waals surface area contributed by atoms with Crippen LogP contribution in [0.3, 0.4) is 0 Å². The van der Waals surface area contributed by atoms with Gasteiger partial charge >= 0.3 is 0 Å². The summed E-state index contributed by atoms with van der Waals surface area (Å²) in [5.41, 5.74) is 2.68. The number of nitrogens with one attached hydrogen (secondary N) is 1. The maximum Gasteiger partial charge on any atom is 0.294 e. The van der Waals surface area contributed by atoms with Gasteiger partial charge in [0.15, 0.2) is 0 Å². The topological polar surface area (TPSA) is 50.6 Å². The van der Waals surface area contributed by atoms with E-state index >= 15 is 0 Å². The number of amides is 1. The zero-order valence-corrected chi connectivity index (χ0v) is 13.6. The van der Waals surface area contributed by atoms with E-state index in [1.165, 1.54) is 6.08 Å². The summed E-state index contributed by atoms with van der Waals surface area (Å²) in [7, 11) is 0. The molecule has 0 aliphatic rings. The Hall–Kier alpha value is -2.85. The Labute approximate surface area is 144 Å². The van der Waals surface area contributed by atoms with Crippen LogP contribution in [0.5, 0.6) is 0 Å². The second kappa shape index (κ2) is 6.72. The van der Waals surface area contributed by atoms with E-state index in [1.54, 1.807) is 22.7 Å². The lowest BCUT2D eigenvalue weighted by molar-refractivity contribution is -0.116. The summed E-state index contributed by atoms with van der Waals surface area (Å²) < 4.78 is 1.72. The van der Waals surface area contributed by atoms with Crippen molar-refractivity contribution in [3.63, 3.8) is 0 Å². The minimum Gasteiger partial charge on any atom is -0.346 e. The van der Waals surface area contributed by atoms with Crippen LogP contribution in [0.25, 0.3) is 16.6 Å². The van der Waals surface area contributed by atoms with Crippen LogP contribution in [0.1, 0.15) is 10.5 Å². The number of carbonyl (C=O) groups excluding carboxylic acids is 2. The van der Waals surface area contributed by atoms with Gasteiger partial charge in [0.25, 0.3) is 11.7 Å². The van der Waals surface area contributed by atoms with Gasteiger partial charge in [0, 0.05) is 28.8 Å². The Balaban J connectivity index is 2.15. The average molecular weight is 339 g/mol. The fourth-order valence-electron chi connectivity index (χ4n) is 2.56. The molecule has 4 nitrogen and oxygen atoms in total. The van der Waals surface area contributed by atoms with Gasteiger partial charge in [-0.05, 0) is 35.9 Å². The van der Waals surface area contributed by atoms with Crippen molar-refractivity contribution in [1.29, 1.82) is 0 Å². The standard InChI is InChI=1S/C19H15ClN2O2/c1-2-10-21-19(24)18(23)17-16(13-6-8-14(20)9-7-13)12-15-5-3-4-11-22(15)17/h2-9,11-12H,1,10H2,(H,21,24). The number of Topliss-reactive ketones (excluding diaryl/α,β-unsaturated/α-hetero) is 1. The number of benzene rings is 1. The Morgan fingerprint density at radius 3 is 2.62 bits per heavy atom. The Morgan fingerprint density at radius 1 is 1.17 bits per heavy atom. The van der Waals surface area contributed by atoms with Crippen LogP contribution in [-0.4, -0.2) is 22.6 Å². The lowest BCUT2D eigenvalue weighted by Gasteiger charge is -2.06. The molecule has 0 atom stereocenters. The van der Waals surface area contributed by atoms with Gasteiger partial charge in [0.2, 0.25) is 0 Å². The maximum absolute atomic E-state index is 12.7. The fourth-order valence-corrected chi connectivity index (χ4v) is 2.68. The number of hydrogen-bond acceptors (Lipinski definition) is 2. The first-order chi connectivity index (χ1) is 11.6. The monoisotopic (exact) mass is 338 g/mol. The van der Waals surface area contributed by atoms with Crippen molar-refractivity contribution in [2.24, 2.45) is 0 Å². The smallest absolute Gasteiger partial charge is 0.294 e. The molecule has 0 aliphatic carbocycles. The summed E-state index contributed by atoms with van der Waals surface area (Å²) in [5.74, 6) is -1.25. The first-order valence-corrected chi connectivity index (χ1v) is 7.79. The molecule has 120 valence electrons. The normalized spacial score (nSPS) is 10.5. The van der Waals surface area contributed by atoms with Gasteiger partial charge in [0.1, 0.15) is 5.69 Å². The Bertz CT molecular complexity index is 926. The third-order valence-electron chi connectivity index (χ3n) is 3.66. The van der Waals surface area contributed by atoms with Gasteiger partial charge in [-0.2, -0.15) is 0 Å². The van der Waals surface area contributed by atoms with Crippen molar-refractivity contribution in [3.05, 3.63) is 78.1 Å². The predicted molar refractivity (Wildman–Crippen MR) is 95.4 cm³/mol. The Morgan fingerprint density at radius 2 is 1.92 bits per heavy atom. The average Bonchev–Trinajstić information content (AvgIpc) is 2.99. The highest BCUT2D eigenvalue weighted by Gasteiger charge is 2.24. The molecule has 0 aliphatic heterocycles. The van der Waals surface area contributed by atoms with E-state index < -0.39 is 11.7 Å². The third kappa shape index (κ3) is 2.96. The van der Waals surface area contributed by atoms with Crippen LogP contribution in [0, 0.1) is 0 Å². The molecule has 1 amide bonds. The summed E-state index contributed by atoms with van der Waals surface area (Å²) in [6, 6.07) is 14.6. The van der Waals surface area contributed by atoms with Gasteiger partial charge < -0.3 is 9.72 Å². The van der Waals surface area contributed by atoms with Gasteiger partial charge in [0.05, 0.1) is 0 Å². The van der Waals surface area contributed by atoms with Crippen LogP contribution in [-0.2, 0) is 4.79 Å². The lowest BCUT2D eigenvalue weighted by Crippen LogP contribution is -2.32. The van der Waals surface area contributed by atoms with Gasteiger partial charge in [-0.1, -0.05) is 35.9 Å². The molecule has 0 bridgehead atoms. The van der Waals surface area contributed by atoms with Gasteiger partial charge in [-0.25, -0.2) is 0 Å². The summed E-state index contributed by atoms with van der Waals surface area (Å²) in [6.07, 6.45) is 3.30. The molecule has 3 rings (SSSR count). The highest BCUT2D eigenvalue weighted by atomic mass is 35.5. The molecule has 0 radical (unpaired) electrons. The molecule has 1 N–H and O–H groups in total. The molecule has 2 aromatic heterocycles. The summed E-state index contributed by atoms with van der Waals surface area (Å²) in [4.78, 5) is 24.8. The van der Waals surface area contributed by atoms with E-state index in [9.17, 15) is 9.59 Å². The Kier molecular flexibility index (Phi) is 4.49. The largest absolute Gasteiger partial charge is 0.346 e. The van der Waals surface area contributed by atoms with Crippen LogP contribution >= 0.6 is 11.6 Å².